The first-order valence-electron chi connectivity index (χ1n) is 6.15. The number of halogens is 1. The van der Waals surface area contributed by atoms with E-state index in [-0.39, 0.29) is 19.0 Å². The van der Waals surface area contributed by atoms with Crippen LogP contribution in [0.2, 0.25) is 0 Å². The fourth-order valence-electron chi connectivity index (χ4n) is 1.91. The molecule has 0 amide bonds. The summed E-state index contributed by atoms with van der Waals surface area (Å²) in [6.07, 6.45) is 0.208. The van der Waals surface area contributed by atoms with Crippen molar-refractivity contribution in [2.45, 2.75) is 20.0 Å². The molecule has 1 aromatic heterocycles. The lowest BCUT2D eigenvalue weighted by molar-refractivity contribution is -0.144. The van der Waals surface area contributed by atoms with Crippen molar-refractivity contribution in [3.05, 3.63) is 45.7 Å². The molecule has 0 unspecified atom stereocenters. The SMILES string of the molecule is Cc1nn(C)c(COC(=O)Cc2cccc(N)c2)c1Br. The number of ether oxygens (including phenoxy) is 1. The Hall–Kier alpha value is -1.82. The highest BCUT2D eigenvalue weighted by Gasteiger charge is 2.13. The molecule has 0 aliphatic rings. The minimum absolute atomic E-state index is 0.194. The predicted octanol–water partition coefficient (Wildman–Crippen LogP) is 2.36. The Morgan fingerprint density at radius 2 is 2.25 bits per heavy atom. The molecule has 0 saturated carbocycles. The van der Waals surface area contributed by atoms with Gasteiger partial charge in [-0.2, -0.15) is 5.10 Å². The van der Waals surface area contributed by atoms with Crippen LogP contribution in [0, 0.1) is 6.92 Å². The average Bonchev–Trinajstić information content (AvgIpc) is 2.61. The molecule has 0 aliphatic heterocycles. The normalized spacial score (nSPS) is 10.6. The average molecular weight is 338 g/mol. The summed E-state index contributed by atoms with van der Waals surface area (Å²) in [6.45, 7) is 2.08. The van der Waals surface area contributed by atoms with E-state index in [1.54, 1.807) is 16.8 Å². The summed E-state index contributed by atoms with van der Waals surface area (Å²) >= 11 is 3.44. The molecular formula is C14H16BrN3O2. The molecule has 6 heteroatoms. The number of anilines is 1. The van der Waals surface area contributed by atoms with Crippen molar-refractivity contribution >= 4 is 27.6 Å². The highest BCUT2D eigenvalue weighted by Crippen LogP contribution is 2.21. The predicted molar refractivity (Wildman–Crippen MR) is 80.0 cm³/mol. The highest BCUT2D eigenvalue weighted by molar-refractivity contribution is 9.10. The molecule has 106 valence electrons. The van der Waals surface area contributed by atoms with Crippen LogP contribution in [-0.4, -0.2) is 15.7 Å². The number of aromatic nitrogens is 2. The fraction of sp³-hybridized carbons (Fsp3) is 0.286. The topological polar surface area (TPSA) is 70.1 Å². The third-order valence-corrected chi connectivity index (χ3v) is 3.96. The fourth-order valence-corrected chi connectivity index (χ4v) is 2.36. The van der Waals surface area contributed by atoms with E-state index in [9.17, 15) is 4.79 Å². The van der Waals surface area contributed by atoms with Crippen molar-refractivity contribution in [3.8, 4) is 0 Å². The standard InChI is InChI=1S/C14H16BrN3O2/c1-9-14(15)12(18(2)17-9)8-20-13(19)7-10-4-3-5-11(16)6-10/h3-6H,7-8,16H2,1-2H3. The lowest BCUT2D eigenvalue weighted by atomic mass is 10.1. The molecule has 1 aromatic carbocycles. The number of nitrogen functional groups attached to an aromatic ring is 1. The number of hydrogen-bond acceptors (Lipinski definition) is 4. The lowest BCUT2D eigenvalue weighted by Gasteiger charge is -2.06. The monoisotopic (exact) mass is 337 g/mol. The highest BCUT2D eigenvalue weighted by atomic mass is 79.9. The van der Waals surface area contributed by atoms with Crippen LogP contribution < -0.4 is 5.73 Å². The zero-order valence-corrected chi connectivity index (χ0v) is 13.0. The molecule has 0 saturated heterocycles. The molecule has 2 rings (SSSR count). The Morgan fingerprint density at radius 1 is 1.50 bits per heavy atom. The van der Waals surface area contributed by atoms with E-state index in [4.69, 9.17) is 10.5 Å². The maximum atomic E-state index is 11.8. The molecule has 0 bridgehead atoms. The maximum absolute atomic E-state index is 11.8. The second-order valence-electron chi connectivity index (χ2n) is 4.55. The number of benzene rings is 1. The zero-order valence-electron chi connectivity index (χ0n) is 11.4. The molecule has 0 fully saturated rings. The Kier molecular flexibility index (Phi) is 4.44. The maximum Gasteiger partial charge on any atom is 0.310 e. The summed E-state index contributed by atoms with van der Waals surface area (Å²) in [6, 6.07) is 7.22. The third-order valence-electron chi connectivity index (χ3n) is 2.93. The van der Waals surface area contributed by atoms with Gasteiger partial charge in [0.25, 0.3) is 0 Å². The van der Waals surface area contributed by atoms with Gasteiger partial charge < -0.3 is 10.5 Å². The first-order chi connectivity index (χ1) is 9.47. The summed E-state index contributed by atoms with van der Waals surface area (Å²) in [5, 5.41) is 4.25. The number of nitrogens with zero attached hydrogens (tertiary/aromatic N) is 2. The van der Waals surface area contributed by atoms with Crippen LogP contribution in [0.15, 0.2) is 28.7 Å². The summed E-state index contributed by atoms with van der Waals surface area (Å²) in [4.78, 5) is 11.8. The van der Waals surface area contributed by atoms with E-state index in [1.165, 1.54) is 0 Å². The number of rotatable bonds is 4. The van der Waals surface area contributed by atoms with Crippen LogP contribution in [0.3, 0.4) is 0 Å². The minimum atomic E-state index is -0.290. The van der Waals surface area contributed by atoms with Crippen molar-refractivity contribution < 1.29 is 9.53 Å². The van der Waals surface area contributed by atoms with Crippen LogP contribution in [0.4, 0.5) is 5.69 Å². The van der Waals surface area contributed by atoms with Gasteiger partial charge >= 0.3 is 5.97 Å². The number of aryl methyl sites for hydroxylation is 2. The van der Waals surface area contributed by atoms with Crippen LogP contribution in [-0.2, 0) is 29.6 Å². The zero-order chi connectivity index (χ0) is 14.7. The largest absolute Gasteiger partial charge is 0.459 e. The van der Waals surface area contributed by atoms with Crippen molar-refractivity contribution in [1.29, 1.82) is 0 Å². The van der Waals surface area contributed by atoms with Crippen molar-refractivity contribution in [2.75, 3.05) is 5.73 Å². The van der Waals surface area contributed by atoms with Gasteiger partial charge in [0.2, 0.25) is 0 Å². The Labute approximate surface area is 125 Å². The summed E-state index contributed by atoms with van der Waals surface area (Å²) in [7, 11) is 1.82. The lowest BCUT2D eigenvalue weighted by Crippen LogP contribution is -2.10. The van der Waals surface area contributed by atoms with Crippen LogP contribution in [0.25, 0.3) is 0 Å². The van der Waals surface area contributed by atoms with Gasteiger partial charge in [0, 0.05) is 12.7 Å². The van der Waals surface area contributed by atoms with Crippen LogP contribution in [0.5, 0.6) is 0 Å². The van der Waals surface area contributed by atoms with E-state index >= 15 is 0 Å². The second kappa shape index (κ2) is 6.09. The van der Waals surface area contributed by atoms with E-state index in [0.29, 0.717) is 5.69 Å². The molecule has 0 radical (unpaired) electrons. The van der Waals surface area contributed by atoms with Gasteiger partial charge in [0.15, 0.2) is 0 Å². The Bertz CT molecular complexity index is 637. The van der Waals surface area contributed by atoms with E-state index in [2.05, 4.69) is 21.0 Å². The van der Waals surface area contributed by atoms with Crippen molar-refractivity contribution in [3.63, 3.8) is 0 Å². The third kappa shape index (κ3) is 3.39. The molecular weight excluding hydrogens is 322 g/mol. The van der Waals surface area contributed by atoms with Crippen molar-refractivity contribution in [2.24, 2.45) is 7.05 Å². The van der Waals surface area contributed by atoms with E-state index in [1.807, 2.05) is 26.1 Å². The van der Waals surface area contributed by atoms with Gasteiger partial charge in [0.05, 0.1) is 22.3 Å². The molecule has 20 heavy (non-hydrogen) atoms. The molecule has 0 atom stereocenters. The van der Waals surface area contributed by atoms with Gasteiger partial charge in [-0.05, 0) is 40.5 Å². The molecule has 1 heterocycles. The van der Waals surface area contributed by atoms with Crippen LogP contribution in [0.1, 0.15) is 17.0 Å². The van der Waals surface area contributed by atoms with Crippen LogP contribution >= 0.6 is 15.9 Å². The molecule has 0 aliphatic carbocycles. The first-order valence-corrected chi connectivity index (χ1v) is 6.94. The van der Waals surface area contributed by atoms with E-state index < -0.39 is 0 Å². The Morgan fingerprint density at radius 3 is 2.85 bits per heavy atom. The number of hydrogen-bond donors (Lipinski definition) is 1. The molecule has 2 N–H and O–H groups in total. The second-order valence-corrected chi connectivity index (χ2v) is 5.35. The number of carbonyl (C=O) groups excluding carboxylic acids is 1. The van der Waals surface area contributed by atoms with E-state index in [0.717, 1.165) is 21.4 Å². The molecule has 0 spiro atoms. The summed E-state index contributed by atoms with van der Waals surface area (Å²) in [5.74, 6) is -0.290. The molecule has 2 aromatic rings. The smallest absolute Gasteiger partial charge is 0.310 e. The van der Waals surface area contributed by atoms with Gasteiger partial charge in [0.1, 0.15) is 6.61 Å². The number of esters is 1. The van der Waals surface area contributed by atoms with Gasteiger partial charge in [-0.25, -0.2) is 0 Å². The quantitative estimate of drug-likeness (QED) is 0.686. The molecule has 5 nitrogen and oxygen atoms in total. The minimum Gasteiger partial charge on any atom is -0.459 e. The first kappa shape index (κ1) is 14.6. The summed E-state index contributed by atoms with van der Waals surface area (Å²) < 4.78 is 7.85. The van der Waals surface area contributed by atoms with Crippen molar-refractivity contribution in [1.82, 2.24) is 9.78 Å². The van der Waals surface area contributed by atoms with Gasteiger partial charge in [-0.1, -0.05) is 12.1 Å². The summed E-state index contributed by atoms with van der Waals surface area (Å²) in [5.41, 5.74) is 8.86. The van der Waals surface area contributed by atoms with Gasteiger partial charge in [-0.15, -0.1) is 0 Å². The number of carbonyl (C=O) groups is 1. The Balaban J connectivity index is 1.96. The number of nitrogens with two attached hydrogens (primary N) is 1. The van der Waals surface area contributed by atoms with Gasteiger partial charge in [-0.3, -0.25) is 9.48 Å².